The predicted molar refractivity (Wildman–Crippen MR) is 90.3 cm³/mol. The van der Waals surface area contributed by atoms with Gasteiger partial charge < -0.3 is 15.0 Å². The highest BCUT2D eigenvalue weighted by atomic mass is 16.5. The van der Waals surface area contributed by atoms with Crippen LogP contribution in [-0.4, -0.2) is 38.3 Å². The van der Waals surface area contributed by atoms with Gasteiger partial charge >= 0.3 is 0 Å². The van der Waals surface area contributed by atoms with Crippen LogP contribution in [0.4, 0.5) is 5.69 Å². The van der Waals surface area contributed by atoms with E-state index in [0.29, 0.717) is 12.2 Å². The molecule has 0 atom stereocenters. The molecule has 1 heterocycles. The van der Waals surface area contributed by atoms with Crippen LogP contribution in [0.1, 0.15) is 38.2 Å². The first-order chi connectivity index (χ1) is 11.2. The summed E-state index contributed by atoms with van der Waals surface area (Å²) in [5.41, 5.74) is 1.82. The van der Waals surface area contributed by atoms with Gasteiger partial charge in [0, 0.05) is 31.4 Å². The van der Waals surface area contributed by atoms with Gasteiger partial charge in [0.25, 0.3) is 0 Å². The highest BCUT2D eigenvalue weighted by molar-refractivity contribution is 5.77. The average molecular weight is 315 g/mol. The predicted octanol–water partition coefficient (Wildman–Crippen LogP) is 2.46. The molecule has 23 heavy (non-hydrogen) atoms. The Morgan fingerprint density at radius 1 is 1.35 bits per heavy atom. The van der Waals surface area contributed by atoms with Crippen LogP contribution < -0.4 is 10.2 Å². The zero-order valence-electron chi connectivity index (χ0n) is 13.8. The van der Waals surface area contributed by atoms with E-state index in [1.807, 2.05) is 24.3 Å². The molecule has 0 saturated carbocycles. The van der Waals surface area contributed by atoms with Gasteiger partial charge in [0.2, 0.25) is 5.91 Å². The van der Waals surface area contributed by atoms with Gasteiger partial charge in [-0.2, -0.15) is 5.26 Å². The number of nitrogens with zero attached hydrogens (tertiary/aromatic N) is 2. The lowest BCUT2D eigenvalue weighted by Crippen LogP contribution is -2.45. The molecule has 1 saturated heterocycles. The number of nitriles is 1. The zero-order valence-corrected chi connectivity index (χ0v) is 13.8. The van der Waals surface area contributed by atoms with Crippen molar-refractivity contribution in [3.05, 3.63) is 29.8 Å². The van der Waals surface area contributed by atoms with Crippen molar-refractivity contribution in [3.8, 4) is 6.07 Å². The van der Waals surface area contributed by atoms with Crippen molar-refractivity contribution in [1.82, 2.24) is 5.32 Å². The van der Waals surface area contributed by atoms with Crippen LogP contribution in [0.2, 0.25) is 0 Å². The summed E-state index contributed by atoms with van der Waals surface area (Å²) in [7, 11) is 0. The highest BCUT2D eigenvalue weighted by Gasteiger charge is 2.20. The van der Waals surface area contributed by atoms with Gasteiger partial charge in [0.15, 0.2) is 0 Å². The molecule has 0 bridgehead atoms. The Labute approximate surface area is 138 Å². The summed E-state index contributed by atoms with van der Waals surface area (Å²) in [5, 5.41) is 11.9. The number of amides is 1. The van der Waals surface area contributed by atoms with E-state index in [9.17, 15) is 4.79 Å². The minimum atomic E-state index is -0.0158. The number of nitrogens with one attached hydrogen (secondary N) is 1. The van der Waals surface area contributed by atoms with E-state index in [0.717, 1.165) is 44.5 Å². The van der Waals surface area contributed by atoms with Crippen molar-refractivity contribution in [3.63, 3.8) is 0 Å². The molecule has 1 N–H and O–H groups in total. The normalized spacial score (nSPS) is 15.2. The van der Waals surface area contributed by atoms with Gasteiger partial charge in [-0.05, 0) is 43.5 Å². The Kier molecular flexibility index (Phi) is 6.89. The van der Waals surface area contributed by atoms with Gasteiger partial charge in [-0.1, -0.05) is 13.3 Å². The van der Waals surface area contributed by atoms with E-state index in [4.69, 9.17) is 10.00 Å². The van der Waals surface area contributed by atoms with Crippen LogP contribution in [0.25, 0.3) is 0 Å². The maximum atomic E-state index is 11.8. The molecule has 1 amide bonds. The third-order valence-corrected chi connectivity index (χ3v) is 4.10. The van der Waals surface area contributed by atoms with E-state index in [1.165, 1.54) is 0 Å². The van der Waals surface area contributed by atoms with Crippen molar-refractivity contribution < 1.29 is 9.53 Å². The fourth-order valence-electron chi connectivity index (χ4n) is 2.71. The number of anilines is 1. The standard InChI is InChI=1S/C18H25N3O2/c1-2-3-12-23-14-18(22)20-16-8-10-21(11-9-16)17-6-4-15(13-19)5-7-17/h4-7,16H,2-3,8-12,14H2,1H3,(H,20,22). The second-order valence-corrected chi connectivity index (χ2v) is 5.89. The number of piperidine rings is 1. The fourth-order valence-corrected chi connectivity index (χ4v) is 2.71. The van der Waals surface area contributed by atoms with Gasteiger partial charge in [0.05, 0.1) is 11.6 Å². The quantitative estimate of drug-likeness (QED) is 0.785. The van der Waals surface area contributed by atoms with Crippen LogP contribution in [0, 0.1) is 11.3 Å². The first kappa shape index (κ1) is 17.3. The largest absolute Gasteiger partial charge is 0.372 e. The van der Waals surface area contributed by atoms with Gasteiger partial charge in [0.1, 0.15) is 6.61 Å². The van der Waals surface area contributed by atoms with Crippen LogP contribution in [0.5, 0.6) is 0 Å². The third kappa shape index (κ3) is 5.57. The van der Waals surface area contributed by atoms with Gasteiger partial charge in [-0.15, -0.1) is 0 Å². The Morgan fingerprint density at radius 3 is 2.65 bits per heavy atom. The maximum Gasteiger partial charge on any atom is 0.246 e. The molecular formula is C18H25N3O2. The summed E-state index contributed by atoms with van der Waals surface area (Å²) in [4.78, 5) is 14.1. The summed E-state index contributed by atoms with van der Waals surface area (Å²) in [6.07, 6.45) is 3.94. The third-order valence-electron chi connectivity index (χ3n) is 4.10. The van der Waals surface area contributed by atoms with Crippen molar-refractivity contribution >= 4 is 11.6 Å². The van der Waals surface area contributed by atoms with Crippen LogP contribution in [-0.2, 0) is 9.53 Å². The van der Waals surface area contributed by atoms with E-state index < -0.39 is 0 Å². The summed E-state index contributed by atoms with van der Waals surface area (Å²) in [6, 6.07) is 10.0. The molecule has 5 heteroatoms. The first-order valence-electron chi connectivity index (χ1n) is 8.35. The molecule has 1 aromatic rings. The number of ether oxygens (including phenoxy) is 1. The van der Waals surface area contributed by atoms with Gasteiger partial charge in [-0.3, -0.25) is 4.79 Å². The van der Waals surface area contributed by atoms with Gasteiger partial charge in [-0.25, -0.2) is 0 Å². The molecule has 0 aromatic heterocycles. The number of hydrogen-bond donors (Lipinski definition) is 1. The zero-order chi connectivity index (χ0) is 16.5. The topological polar surface area (TPSA) is 65.4 Å². The molecule has 124 valence electrons. The Bertz CT molecular complexity index is 528. The lowest BCUT2D eigenvalue weighted by molar-refractivity contribution is -0.126. The van der Waals surface area contributed by atoms with Crippen LogP contribution >= 0.6 is 0 Å². The summed E-state index contributed by atoms with van der Waals surface area (Å²) < 4.78 is 5.34. The Balaban J connectivity index is 1.71. The SMILES string of the molecule is CCCCOCC(=O)NC1CCN(c2ccc(C#N)cc2)CC1. The van der Waals surface area contributed by atoms with Crippen molar-refractivity contribution in [1.29, 1.82) is 5.26 Å². The van der Waals surface area contributed by atoms with Crippen LogP contribution in [0.15, 0.2) is 24.3 Å². The molecule has 0 aliphatic carbocycles. The summed E-state index contributed by atoms with van der Waals surface area (Å²) in [6.45, 7) is 4.74. The fraction of sp³-hybridized carbons (Fsp3) is 0.556. The molecule has 5 nitrogen and oxygen atoms in total. The second kappa shape index (κ2) is 9.16. The number of carbonyl (C=O) groups excluding carboxylic acids is 1. The van der Waals surface area contributed by atoms with Crippen molar-refractivity contribution in [2.45, 2.75) is 38.6 Å². The molecule has 0 unspecified atom stereocenters. The number of hydrogen-bond acceptors (Lipinski definition) is 4. The summed E-state index contributed by atoms with van der Waals surface area (Å²) >= 11 is 0. The lowest BCUT2D eigenvalue weighted by atomic mass is 10.0. The minimum Gasteiger partial charge on any atom is -0.372 e. The van der Waals surface area contributed by atoms with E-state index >= 15 is 0 Å². The van der Waals surface area contributed by atoms with E-state index in [2.05, 4.69) is 23.2 Å². The molecular weight excluding hydrogens is 290 g/mol. The Hall–Kier alpha value is -2.06. The highest BCUT2D eigenvalue weighted by Crippen LogP contribution is 2.20. The summed E-state index contributed by atoms with van der Waals surface area (Å²) in [5.74, 6) is -0.0158. The molecule has 1 aliphatic rings. The molecule has 1 aromatic carbocycles. The lowest BCUT2D eigenvalue weighted by Gasteiger charge is -2.34. The van der Waals surface area contributed by atoms with Crippen molar-refractivity contribution in [2.24, 2.45) is 0 Å². The number of benzene rings is 1. The maximum absolute atomic E-state index is 11.8. The van der Waals surface area contributed by atoms with Crippen molar-refractivity contribution in [2.75, 3.05) is 31.2 Å². The second-order valence-electron chi connectivity index (χ2n) is 5.89. The molecule has 2 rings (SSSR count). The van der Waals surface area contributed by atoms with E-state index in [-0.39, 0.29) is 18.6 Å². The molecule has 0 spiro atoms. The van der Waals surface area contributed by atoms with E-state index in [1.54, 1.807) is 0 Å². The number of unbranched alkanes of at least 4 members (excludes halogenated alkanes) is 1. The Morgan fingerprint density at radius 2 is 2.04 bits per heavy atom. The minimum absolute atomic E-state index is 0.0158. The first-order valence-corrected chi connectivity index (χ1v) is 8.35. The number of carbonyl (C=O) groups is 1. The monoisotopic (exact) mass is 315 g/mol. The smallest absolute Gasteiger partial charge is 0.246 e. The molecule has 1 aliphatic heterocycles. The van der Waals surface area contributed by atoms with Crippen LogP contribution in [0.3, 0.4) is 0 Å². The molecule has 1 fully saturated rings. The number of rotatable bonds is 7. The molecule has 0 radical (unpaired) electrons. The average Bonchev–Trinajstić information content (AvgIpc) is 2.59.